The third-order valence-corrected chi connectivity index (χ3v) is 7.84. The first kappa shape index (κ1) is 23.5. The van der Waals surface area contributed by atoms with E-state index in [4.69, 9.17) is 0 Å². The summed E-state index contributed by atoms with van der Waals surface area (Å²) in [6.45, 7) is 7.94. The predicted molar refractivity (Wildman–Crippen MR) is 132 cm³/mol. The molecule has 1 unspecified atom stereocenters. The molecule has 1 aliphatic heterocycles. The smallest absolute Gasteiger partial charge is 0.253 e. The molecular weight excluding hydrogens is 432 g/mol. The third-order valence-electron chi connectivity index (χ3n) is 6.67. The summed E-state index contributed by atoms with van der Waals surface area (Å²) in [4.78, 5) is 31.0. The second kappa shape index (κ2) is 10.5. The molecule has 4 rings (SSSR count). The molecule has 1 fully saturated rings. The normalized spacial score (nSPS) is 18.8. The Bertz CT molecular complexity index is 1070. The number of carbonyl (C=O) groups is 2. The van der Waals surface area contributed by atoms with Crippen LogP contribution in [0, 0.1) is 24.2 Å². The van der Waals surface area contributed by atoms with E-state index in [2.05, 4.69) is 23.2 Å². The van der Waals surface area contributed by atoms with E-state index in [9.17, 15) is 14.9 Å². The minimum atomic E-state index is -0.0462. The molecule has 1 aliphatic carbocycles. The van der Waals surface area contributed by atoms with Crippen molar-refractivity contribution in [3.63, 3.8) is 0 Å². The number of amides is 2. The lowest BCUT2D eigenvalue weighted by Gasteiger charge is -2.22. The maximum Gasteiger partial charge on any atom is 0.253 e. The van der Waals surface area contributed by atoms with Gasteiger partial charge in [0.2, 0.25) is 5.91 Å². The van der Waals surface area contributed by atoms with Gasteiger partial charge in [-0.25, -0.2) is 0 Å². The van der Waals surface area contributed by atoms with E-state index in [1.54, 1.807) is 11.3 Å². The molecule has 1 aromatic carbocycles. The second-order valence-corrected chi connectivity index (χ2v) is 10.4. The highest BCUT2D eigenvalue weighted by Gasteiger charge is 2.25. The topological polar surface area (TPSA) is 76.4 Å². The Morgan fingerprint density at radius 1 is 1.24 bits per heavy atom. The SMILES string of the molecule is Cc1cccc(C(=O)N2CCCN(CCC(=O)Nc3sc4c(c3C#N)CCC(C)C4)CC2)c1. The molecule has 2 amide bonds. The van der Waals surface area contributed by atoms with Crippen molar-refractivity contribution in [3.05, 3.63) is 51.4 Å². The van der Waals surface area contributed by atoms with Gasteiger partial charge < -0.3 is 15.1 Å². The first-order valence-electron chi connectivity index (χ1n) is 11.9. The van der Waals surface area contributed by atoms with Crippen LogP contribution in [0.2, 0.25) is 0 Å². The first-order chi connectivity index (χ1) is 15.9. The largest absolute Gasteiger partial charge is 0.337 e. The summed E-state index contributed by atoms with van der Waals surface area (Å²) < 4.78 is 0. The van der Waals surface area contributed by atoms with Gasteiger partial charge in [-0.2, -0.15) is 5.26 Å². The fourth-order valence-corrected chi connectivity index (χ4v) is 6.14. The number of nitrogens with one attached hydrogen (secondary N) is 1. The monoisotopic (exact) mass is 464 g/mol. The number of hydrogen-bond donors (Lipinski definition) is 1. The summed E-state index contributed by atoms with van der Waals surface area (Å²) >= 11 is 1.57. The number of benzene rings is 1. The van der Waals surface area contributed by atoms with Crippen molar-refractivity contribution in [2.24, 2.45) is 5.92 Å². The second-order valence-electron chi connectivity index (χ2n) is 9.32. The van der Waals surface area contributed by atoms with Crippen LogP contribution < -0.4 is 5.32 Å². The number of carbonyl (C=O) groups excluding carboxylic acids is 2. The van der Waals surface area contributed by atoms with E-state index in [0.29, 0.717) is 36.0 Å². The Morgan fingerprint density at radius 2 is 2.09 bits per heavy atom. The highest BCUT2D eigenvalue weighted by Crippen LogP contribution is 2.39. The number of thiophene rings is 1. The Balaban J connectivity index is 1.29. The van der Waals surface area contributed by atoms with Crippen LogP contribution in [0.3, 0.4) is 0 Å². The van der Waals surface area contributed by atoms with Crippen LogP contribution in [0.4, 0.5) is 5.00 Å². The molecule has 0 radical (unpaired) electrons. The van der Waals surface area contributed by atoms with Crippen molar-refractivity contribution < 1.29 is 9.59 Å². The summed E-state index contributed by atoms with van der Waals surface area (Å²) in [6.07, 6.45) is 4.31. The van der Waals surface area contributed by atoms with Crippen LogP contribution in [-0.4, -0.2) is 54.3 Å². The molecule has 1 atom stereocenters. The number of aryl methyl sites for hydroxylation is 1. The minimum absolute atomic E-state index is 0.0462. The van der Waals surface area contributed by atoms with Gasteiger partial charge in [0.25, 0.3) is 5.91 Å². The van der Waals surface area contributed by atoms with Gasteiger partial charge in [-0.1, -0.05) is 24.6 Å². The number of rotatable bonds is 5. The van der Waals surface area contributed by atoms with Crippen LogP contribution in [0.1, 0.15) is 58.1 Å². The standard InChI is InChI=1S/C26H32N4O2S/c1-18-5-3-6-20(15-18)26(32)30-11-4-10-29(13-14-30)12-9-24(31)28-25-22(17-27)21-8-7-19(2)16-23(21)33-25/h3,5-6,15,19H,4,7-14,16H2,1-2H3,(H,28,31). The van der Waals surface area contributed by atoms with Gasteiger partial charge in [-0.3, -0.25) is 9.59 Å². The van der Waals surface area contributed by atoms with Crippen LogP contribution in [-0.2, 0) is 17.6 Å². The molecule has 6 nitrogen and oxygen atoms in total. The number of anilines is 1. The molecule has 2 heterocycles. The third kappa shape index (κ3) is 5.63. The fraction of sp³-hybridized carbons (Fsp3) is 0.500. The van der Waals surface area contributed by atoms with E-state index < -0.39 is 0 Å². The highest BCUT2D eigenvalue weighted by atomic mass is 32.1. The summed E-state index contributed by atoms with van der Waals surface area (Å²) in [5.74, 6) is 0.667. The average Bonchev–Trinajstić information content (AvgIpc) is 2.96. The molecule has 0 bridgehead atoms. The predicted octanol–water partition coefficient (Wildman–Crippen LogP) is 4.23. The van der Waals surface area contributed by atoms with Crippen LogP contribution in [0.5, 0.6) is 0 Å². The lowest BCUT2D eigenvalue weighted by molar-refractivity contribution is -0.116. The first-order valence-corrected chi connectivity index (χ1v) is 12.7. The molecule has 2 aromatic rings. The zero-order chi connectivity index (χ0) is 23.4. The Hall–Kier alpha value is -2.69. The molecule has 33 heavy (non-hydrogen) atoms. The Morgan fingerprint density at radius 3 is 2.88 bits per heavy atom. The van der Waals surface area contributed by atoms with E-state index in [-0.39, 0.29) is 11.8 Å². The summed E-state index contributed by atoms with van der Waals surface area (Å²) in [6, 6.07) is 10.1. The Kier molecular flexibility index (Phi) is 7.46. The molecule has 1 aromatic heterocycles. The molecule has 0 spiro atoms. The van der Waals surface area contributed by atoms with Gasteiger partial charge in [0.1, 0.15) is 11.1 Å². The van der Waals surface area contributed by atoms with Gasteiger partial charge in [0.15, 0.2) is 0 Å². The maximum atomic E-state index is 12.9. The molecular formula is C26H32N4O2S. The summed E-state index contributed by atoms with van der Waals surface area (Å²) in [7, 11) is 0. The highest BCUT2D eigenvalue weighted by molar-refractivity contribution is 7.16. The zero-order valence-electron chi connectivity index (χ0n) is 19.5. The average molecular weight is 465 g/mol. The van der Waals surface area contributed by atoms with Crippen molar-refractivity contribution in [1.29, 1.82) is 5.26 Å². The summed E-state index contributed by atoms with van der Waals surface area (Å²) in [5.41, 5.74) is 3.63. The van der Waals surface area contributed by atoms with Crippen LogP contribution >= 0.6 is 11.3 Å². The lowest BCUT2D eigenvalue weighted by Crippen LogP contribution is -2.36. The maximum absolute atomic E-state index is 12.9. The lowest BCUT2D eigenvalue weighted by atomic mass is 9.89. The quantitative estimate of drug-likeness (QED) is 0.718. The van der Waals surface area contributed by atoms with Gasteiger partial charge in [0.05, 0.1) is 5.56 Å². The van der Waals surface area contributed by atoms with E-state index >= 15 is 0 Å². The van der Waals surface area contributed by atoms with Crippen molar-refractivity contribution >= 4 is 28.2 Å². The fourth-order valence-electron chi connectivity index (χ4n) is 4.76. The minimum Gasteiger partial charge on any atom is -0.337 e. The molecule has 1 N–H and O–H groups in total. The van der Waals surface area contributed by atoms with E-state index in [0.717, 1.165) is 62.0 Å². The van der Waals surface area contributed by atoms with Crippen molar-refractivity contribution in [2.75, 3.05) is 38.0 Å². The van der Waals surface area contributed by atoms with Crippen molar-refractivity contribution in [2.45, 2.75) is 46.0 Å². The molecule has 2 aliphatic rings. The number of nitrogens with zero attached hydrogens (tertiary/aromatic N) is 3. The molecule has 0 saturated carbocycles. The van der Waals surface area contributed by atoms with E-state index in [1.807, 2.05) is 36.1 Å². The van der Waals surface area contributed by atoms with Crippen LogP contribution in [0.15, 0.2) is 24.3 Å². The number of fused-ring (bicyclic) bond motifs is 1. The molecule has 174 valence electrons. The number of nitriles is 1. The van der Waals surface area contributed by atoms with E-state index in [1.165, 1.54) is 4.88 Å². The van der Waals surface area contributed by atoms with Crippen LogP contribution in [0.25, 0.3) is 0 Å². The zero-order valence-corrected chi connectivity index (χ0v) is 20.3. The Labute approximate surface area is 200 Å². The number of hydrogen-bond acceptors (Lipinski definition) is 5. The van der Waals surface area contributed by atoms with Gasteiger partial charge in [-0.15, -0.1) is 11.3 Å². The van der Waals surface area contributed by atoms with Gasteiger partial charge >= 0.3 is 0 Å². The van der Waals surface area contributed by atoms with Crippen molar-refractivity contribution in [1.82, 2.24) is 9.80 Å². The van der Waals surface area contributed by atoms with Gasteiger partial charge in [-0.05, 0) is 62.8 Å². The molecule has 1 saturated heterocycles. The molecule has 7 heteroatoms. The van der Waals surface area contributed by atoms with Gasteiger partial charge in [0, 0.05) is 43.0 Å². The van der Waals surface area contributed by atoms with Crippen molar-refractivity contribution in [3.8, 4) is 6.07 Å². The summed E-state index contributed by atoms with van der Waals surface area (Å²) in [5, 5.41) is 13.4.